The molecule has 1 N–H and O–H groups in total. The van der Waals surface area contributed by atoms with Crippen molar-refractivity contribution in [3.63, 3.8) is 0 Å². The van der Waals surface area contributed by atoms with Crippen LogP contribution in [-0.2, 0) is 39.1 Å². The predicted octanol–water partition coefficient (Wildman–Crippen LogP) is -0.484. The van der Waals surface area contributed by atoms with Gasteiger partial charge in [-0.05, 0) is 24.1 Å². The fraction of sp³-hybridized carbons (Fsp3) is 0.417. The molecule has 1 aromatic rings. The average Bonchev–Trinajstić information content (AvgIpc) is 2.23. The molecule has 0 amide bonds. The molecule has 1 fully saturated rings. The number of nitrogens with zero attached hydrogens (tertiary/aromatic N) is 2. The predicted molar refractivity (Wildman–Crippen MR) is 63.3 cm³/mol. The third kappa shape index (κ3) is 7.88. The molecule has 87 valence electrons. The Hall–Kier alpha value is 1.85. The molecule has 2 rings (SSSR count). The minimum absolute atomic E-state index is 0. The SMILES string of the molecule is Oc1ccc(C[C@@H]2C[N-]CC[N-]2)cc1.[CH3-].[Rb+].[Y]. The third-order valence-corrected chi connectivity index (χ3v) is 2.39. The van der Waals surface area contributed by atoms with Gasteiger partial charge in [0.15, 0.2) is 0 Å². The van der Waals surface area contributed by atoms with Crippen molar-refractivity contribution in [2.24, 2.45) is 0 Å². The quantitative estimate of drug-likeness (QED) is 0.693. The summed E-state index contributed by atoms with van der Waals surface area (Å²) in [4.78, 5) is 0. The van der Waals surface area contributed by atoms with Crippen molar-refractivity contribution >= 4 is 0 Å². The van der Waals surface area contributed by atoms with Gasteiger partial charge in [-0.2, -0.15) is 25.7 Å². The van der Waals surface area contributed by atoms with Crippen LogP contribution in [0.2, 0.25) is 0 Å². The molecule has 0 aromatic heterocycles. The van der Waals surface area contributed by atoms with Crippen molar-refractivity contribution in [1.29, 1.82) is 0 Å². The van der Waals surface area contributed by atoms with Gasteiger partial charge in [-0.25, -0.2) is 0 Å². The van der Waals surface area contributed by atoms with Gasteiger partial charge in [0.1, 0.15) is 5.75 Å². The molecule has 1 heterocycles. The van der Waals surface area contributed by atoms with Crippen molar-refractivity contribution in [3.05, 3.63) is 47.9 Å². The standard InChI is InChI=1S/C11H14N2O.CH3.Rb.Y/c14-11-3-1-9(2-4-11)7-10-8-12-5-6-13-10;;;/h1-4,10,14H,5-8H2;1H3;;/q-2;-1;+1;/t10-;;;/m1.../s1. The first-order valence-corrected chi connectivity index (χ1v) is 4.92. The van der Waals surface area contributed by atoms with Gasteiger partial charge in [-0.3, -0.25) is 0 Å². The molecule has 0 saturated carbocycles. The monoisotopic (exact) mass is 379 g/mol. The van der Waals surface area contributed by atoms with Crippen LogP contribution in [0.4, 0.5) is 0 Å². The van der Waals surface area contributed by atoms with Gasteiger partial charge in [0.05, 0.1) is 0 Å². The third-order valence-electron chi connectivity index (χ3n) is 2.39. The number of rotatable bonds is 2. The summed E-state index contributed by atoms with van der Waals surface area (Å²) < 4.78 is 0. The molecule has 0 unspecified atom stereocenters. The second-order valence-electron chi connectivity index (χ2n) is 3.56. The minimum atomic E-state index is 0. The molecular formula is C12H17N2ORbY-2. The Morgan fingerprint density at radius 1 is 1.18 bits per heavy atom. The molecule has 5 heteroatoms. The van der Waals surface area contributed by atoms with Crippen molar-refractivity contribution in [2.45, 2.75) is 12.5 Å². The average molecular weight is 380 g/mol. The van der Waals surface area contributed by atoms with Gasteiger partial charge in [0, 0.05) is 32.7 Å². The van der Waals surface area contributed by atoms with E-state index in [9.17, 15) is 0 Å². The largest absolute Gasteiger partial charge is 1.00 e. The van der Waals surface area contributed by atoms with E-state index in [4.69, 9.17) is 5.11 Å². The number of hydrogen-bond acceptors (Lipinski definition) is 1. The Balaban J connectivity index is 0. The zero-order valence-electron chi connectivity index (χ0n) is 10.6. The van der Waals surface area contributed by atoms with Gasteiger partial charge in [0.25, 0.3) is 0 Å². The van der Waals surface area contributed by atoms with Gasteiger partial charge in [0.2, 0.25) is 0 Å². The molecule has 0 bridgehead atoms. The molecule has 1 aromatic carbocycles. The van der Waals surface area contributed by atoms with E-state index in [0.717, 1.165) is 26.1 Å². The number of phenols is 1. The van der Waals surface area contributed by atoms with E-state index in [1.54, 1.807) is 12.1 Å². The molecular weight excluding hydrogens is 363 g/mol. The van der Waals surface area contributed by atoms with E-state index in [-0.39, 0.29) is 98.3 Å². The van der Waals surface area contributed by atoms with Crippen LogP contribution < -0.4 is 58.2 Å². The van der Waals surface area contributed by atoms with Crippen LogP contribution in [0.25, 0.3) is 10.6 Å². The van der Waals surface area contributed by atoms with Crippen LogP contribution in [0.1, 0.15) is 5.56 Å². The van der Waals surface area contributed by atoms with Crippen LogP contribution in [0.3, 0.4) is 0 Å². The van der Waals surface area contributed by atoms with E-state index >= 15 is 0 Å². The first-order valence-electron chi connectivity index (χ1n) is 4.92. The van der Waals surface area contributed by atoms with Crippen LogP contribution in [0.5, 0.6) is 5.75 Å². The fourth-order valence-corrected chi connectivity index (χ4v) is 1.64. The maximum absolute atomic E-state index is 9.12. The number of piperazine rings is 1. The van der Waals surface area contributed by atoms with Gasteiger partial charge in [-0.15, -0.1) is 0 Å². The molecule has 1 radical (unpaired) electrons. The summed E-state index contributed by atoms with van der Waals surface area (Å²) in [6.45, 7) is 2.59. The molecule has 3 nitrogen and oxygen atoms in total. The first kappa shape index (κ1) is 21.2. The summed E-state index contributed by atoms with van der Waals surface area (Å²) in [5.74, 6) is 0.319. The van der Waals surface area contributed by atoms with E-state index in [0.29, 0.717) is 11.8 Å². The number of phenolic OH excluding ortho intramolecular Hbond substituents is 1. The number of benzene rings is 1. The van der Waals surface area contributed by atoms with E-state index in [2.05, 4.69) is 10.6 Å². The molecule has 1 aliphatic heterocycles. The van der Waals surface area contributed by atoms with Crippen molar-refractivity contribution in [1.82, 2.24) is 0 Å². The molecule has 1 aliphatic rings. The van der Waals surface area contributed by atoms with Gasteiger partial charge < -0.3 is 23.2 Å². The summed E-state index contributed by atoms with van der Waals surface area (Å²) >= 11 is 0. The Kier molecular flexibility index (Phi) is 14.5. The van der Waals surface area contributed by atoms with Gasteiger partial charge >= 0.3 is 58.2 Å². The summed E-state index contributed by atoms with van der Waals surface area (Å²) in [5, 5.41) is 17.9. The van der Waals surface area contributed by atoms with Crippen LogP contribution in [0.15, 0.2) is 24.3 Å². The topological polar surface area (TPSA) is 48.4 Å². The molecule has 1 atom stereocenters. The molecule has 0 spiro atoms. The smallest absolute Gasteiger partial charge is 0.665 e. The maximum Gasteiger partial charge on any atom is 1.00 e. The van der Waals surface area contributed by atoms with E-state index in [1.807, 2.05) is 12.1 Å². The van der Waals surface area contributed by atoms with Crippen LogP contribution in [0, 0.1) is 7.43 Å². The zero-order chi connectivity index (χ0) is 9.80. The molecule has 1 saturated heterocycles. The summed E-state index contributed by atoms with van der Waals surface area (Å²) in [6, 6.07) is 7.66. The van der Waals surface area contributed by atoms with Crippen LogP contribution in [-0.4, -0.2) is 30.8 Å². The van der Waals surface area contributed by atoms with Crippen molar-refractivity contribution in [2.75, 3.05) is 19.6 Å². The normalized spacial score (nSPS) is 18.2. The minimum Gasteiger partial charge on any atom is -0.665 e. The molecule has 17 heavy (non-hydrogen) atoms. The first-order chi connectivity index (χ1) is 6.84. The Morgan fingerprint density at radius 2 is 1.82 bits per heavy atom. The van der Waals surface area contributed by atoms with E-state index < -0.39 is 0 Å². The zero-order valence-corrected chi connectivity index (χ0v) is 18.4. The summed E-state index contributed by atoms with van der Waals surface area (Å²) in [7, 11) is 0. The van der Waals surface area contributed by atoms with Crippen LogP contribution >= 0.6 is 0 Å². The molecule has 0 aliphatic carbocycles. The van der Waals surface area contributed by atoms with Crippen molar-refractivity contribution in [3.8, 4) is 5.75 Å². The Labute approximate surface area is 178 Å². The number of aromatic hydroxyl groups is 1. The second kappa shape index (κ2) is 11.7. The van der Waals surface area contributed by atoms with Gasteiger partial charge in [-0.1, -0.05) is 12.1 Å². The Morgan fingerprint density at radius 3 is 2.35 bits per heavy atom. The fourth-order valence-electron chi connectivity index (χ4n) is 1.64. The Bertz CT molecular complexity index is 289. The number of hydrogen-bond donors (Lipinski definition) is 1. The summed E-state index contributed by atoms with van der Waals surface area (Å²) in [6.07, 6.45) is 0.934. The second-order valence-corrected chi connectivity index (χ2v) is 3.56. The van der Waals surface area contributed by atoms with Crippen molar-refractivity contribution < 1.29 is 96.0 Å². The van der Waals surface area contributed by atoms with E-state index in [1.165, 1.54) is 5.56 Å². The maximum atomic E-state index is 9.12. The summed E-state index contributed by atoms with van der Waals surface area (Å²) in [5.41, 5.74) is 1.22.